The molecule has 0 bridgehead atoms. The minimum absolute atomic E-state index is 1.06. The number of hydrogen-bond donors (Lipinski definition) is 0. The number of aryl methyl sites for hydroxylation is 3. The summed E-state index contributed by atoms with van der Waals surface area (Å²) in [6.07, 6.45) is 0. The lowest BCUT2D eigenvalue weighted by Crippen LogP contribution is -1.93. The lowest BCUT2D eigenvalue weighted by atomic mass is 10.1. The van der Waals surface area contributed by atoms with Crippen molar-refractivity contribution < 1.29 is 0 Å². The first kappa shape index (κ1) is 9.00. The molecule has 0 radical (unpaired) electrons. The van der Waals surface area contributed by atoms with E-state index < -0.39 is 0 Å². The molecule has 0 saturated carbocycles. The predicted octanol–water partition coefficient (Wildman–Crippen LogP) is 2.70. The van der Waals surface area contributed by atoms with Crippen molar-refractivity contribution in [3.8, 4) is 11.3 Å². The molecule has 72 valence electrons. The highest BCUT2D eigenvalue weighted by Crippen LogP contribution is 2.19. The second-order valence-electron chi connectivity index (χ2n) is 3.66. The molecule has 1 aromatic heterocycles. The molecule has 0 aliphatic rings. The molecule has 0 fully saturated rings. The third kappa shape index (κ3) is 1.55. The van der Waals surface area contributed by atoms with Gasteiger partial charge >= 0.3 is 0 Å². The van der Waals surface area contributed by atoms with Gasteiger partial charge in [-0.15, -0.1) is 0 Å². The molecule has 2 aromatic rings. The molecule has 2 nitrogen and oxygen atoms in total. The number of rotatable bonds is 1. The van der Waals surface area contributed by atoms with Gasteiger partial charge < -0.3 is 0 Å². The zero-order valence-corrected chi connectivity index (χ0v) is 8.78. The van der Waals surface area contributed by atoms with Crippen molar-refractivity contribution in [2.45, 2.75) is 13.8 Å². The van der Waals surface area contributed by atoms with E-state index in [1.807, 2.05) is 18.7 Å². The zero-order valence-electron chi connectivity index (χ0n) is 8.78. The Hall–Kier alpha value is -1.57. The number of nitrogens with zero attached hydrogens (tertiary/aromatic N) is 2. The number of aromatic nitrogens is 2. The SMILES string of the molecule is Cc1ccc(-c2cc(C)nn2C)cc1. The highest BCUT2D eigenvalue weighted by atomic mass is 15.3. The average Bonchev–Trinajstić information content (AvgIpc) is 2.47. The van der Waals surface area contributed by atoms with Gasteiger partial charge in [-0.1, -0.05) is 29.8 Å². The molecule has 1 aromatic carbocycles. The van der Waals surface area contributed by atoms with Crippen LogP contribution in [0.2, 0.25) is 0 Å². The maximum absolute atomic E-state index is 4.33. The molecule has 0 atom stereocenters. The molecule has 0 unspecified atom stereocenters. The van der Waals surface area contributed by atoms with Gasteiger partial charge in [0.1, 0.15) is 0 Å². The maximum atomic E-state index is 4.33. The van der Waals surface area contributed by atoms with E-state index in [4.69, 9.17) is 0 Å². The molecule has 0 aliphatic carbocycles. The van der Waals surface area contributed by atoms with E-state index in [0.29, 0.717) is 0 Å². The monoisotopic (exact) mass is 186 g/mol. The Bertz CT molecular complexity index is 438. The molecule has 1 heterocycles. The Morgan fingerprint density at radius 1 is 1.07 bits per heavy atom. The van der Waals surface area contributed by atoms with E-state index in [2.05, 4.69) is 42.4 Å². The molecule has 2 heteroatoms. The normalized spacial score (nSPS) is 10.5. The Kier molecular flexibility index (Phi) is 2.12. The van der Waals surface area contributed by atoms with E-state index >= 15 is 0 Å². The van der Waals surface area contributed by atoms with Crippen LogP contribution in [0.3, 0.4) is 0 Å². The topological polar surface area (TPSA) is 17.8 Å². The maximum Gasteiger partial charge on any atom is 0.0681 e. The van der Waals surface area contributed by atoms with Crippen LogP contribution in [0.1, 0.15) is 11.3 Å². The molecule has 0 N–H and O–H groups in total. The van der Waals surface area contributed by atoms with E-state index in [9.17, 15) is 0 Å². The first-order valence-corrected chi connectivity index (χ1v) is 4.74. The second kappa shape index (κ2) is 3.29. The third-order valence-electron chi connectivity index (χ3n) is 2.35. The smallest absolute Gasteiger partial charge is 0.0681 e. The van der Waals surface area contributed by atoms with Crippen LogP contribution in [-0.4, -0.2) is 9.78 Å². The highest BCUT2D eigenvalue weighted by molar-refractivity contribution is 5.60. The summed E-state index contributed by atoms with van der Waals surface area (Å²) in [6.45, 7) is 4.11. The van der Waals surface area contributed by atoms with Crippen LogP contribution in [0.15, 0.2) is 30.3 Å². The molecule has 14 heavy (non-hydrogen) atoms. The summed E-state index contributed by atoms with van der Waals surface area (Å²) in [4.78, 5) is 0. The molecular weight excluding hydrogens is 172 g/mol. The van der Waals surface area contributed by atoms with Crippen molar-refractivity contribution in [3.05, 3.63) is 41.6 Å². The third-order valence-corrected chi connectivity index (χ3v) is 2.35. The van der Waals surface area contributed by atoms with E-state index in [-0.39, 0.29) is 0 Å². The Labute approximate surface area is 84.2 Å². The van der Waals surface area contributed by atoms with Crippen molar-refractivity contribution in [3.63, 3.8) is 0 Å². The van der Waals surface area contributed by atoms with Crippen LogP contribution in [0.5, 0.6) is 0 Å². The highest BCUT2D eigenvalue weighted by Gasteiger charge is 2.03. The van der Waals surface area contributed by atoms with Crippen LogP contribution in [0.25, 0.3) is 11.3 Å². The van der Waals surface area contributed by atoms with Crippen molar-refractivity contribution >= 4 is 0 Å². The largest absolute Gasteiger partial charge is 0.268 e. The summed E-state index contributed by atoms with van der Waals surface area (Å²) in [7, 11) is 1.97. The van der Waals surface area contributed by atoms with Crippen LogP contribution >= 0.6 is 0 Å². The summed E-state index contributed by atoms with van der Waals surface area (Å²) < 4.78 is 1.92. The number of benzene rings is 1. The van der Waals surface area contributed by atoms with Gasteiger partial charge in [0, 0.05) is 7.05 Å². The fraction of sp³-hybridized carbons (Fsp3) is 0.250. The van der Waals surface area contributed by atoms with Gasteiger partial charge in [-0.2, -0.15) is 5.10 Å². The van der Waals surface area contributed by atoms with Crippen LogP contribution < -0.4 is 0 Å². The van der Waals surface area contributed by atoms with Crippen molar-refractivity contribution in [1.82, 2.24) is 9.78 Å². The first-order chi connectivity index (χ1) is 6.66. The lowest BCUT2D eigenvalue weighted by Gasteiger charge is -2.01. The van der Waals surface area contributed by atoms with Gasteiger partial charge in [0.25, 0.3) is 0 Å². The number of hydrogen-bond acceptors (Lipinski definition) is 1. The van der Waals surface area contributed by atoms with Gasteiger partial charge in [-0.3, -0.25) is 4.68 Å². The van der Waals surface area contributed by atoms with Crippen molar-refractivity contribution in [2.75, 3.05) is 0 Å². The fourth-order valence-corrected chi connectivity index (χ4v) is 1.61. The molecule has 2 rings (SSSR count). The van der Waals surface area contributed by atoms with Gasteiger partial charge in [0.2, 0.25) is 0 Å². The second-order valence-corrected chi connectivity index (χ2v) is 3.66. The Morgan fingerprint density at radius 3 is 2.21 bits per heavy atom. The van der Waals surface area contributed by atoms with Crippen molar-refractivity contribution in [1.29, 1.82) is 0 Å². The summed E-state index contributed by atoms with van der Waals surface area (Å²) in [5.41, 5.74) is 4.73. The summed E-state index contributed by atoms with van der Waals surface area (Å²) in [5, 5.41) is 4.33. The molecule has 0 saturated heterocycles. The van der Waals surface area contributed by atoms with Crippen molar-refractivity contribution in [2.24, 2.45) is 7.05 Å². The van der Waals surface area contributed by atoms with Gasteiger partial charge in [-0.05, 0) is 25.5 Å². The van der Waals surface area contributed by atoms with Gasteiger partial charge in [0.05, 0.1) is 11.4 Å². The van der Waals surface area contributed by atoms with Crippen LogP contribution in [0, 0.1) is 13.8 Å². The average molecular weight is 186 g/mol. The minimum atomic E-state index is 1.06. The minimum Gasteiger partial charge on any atom is -0.268 e. The predicted molar refractivity (Wildman–Crippen MR) is 58.1 cm³/mol. The summed E-state index contributed by atoms with van der Waals surface area (Å²) in [6, 6.07) is 10.6. The molecule has 0 amide bonds. The molecule has 0 spiro atoms. The van der Waals surface area contributed by atoms with Gasteiger partial charge in [0.15, 0.2) is 0 Å². The molecule has 0 aliphatic heterocycles. The Balaban J connectivity index is 2.49. The standard InChI is InChI=1S/C12H14N2/c1-9-4-6-11(7-5-9)12-8-10(2)13-14(12)3/h4-8H,1-3H3. The van der Waals surface area contributed by atoms with Crippen LogP contribution in [-0.2, 0) is 7.05 Å². The zero-order chi connectivity index (χ0) is 10.1. The van der Waals surface area contributed by atoms with E-state index in [1.165, 1.54) is 16.8 Å². The molecular formula is C12H14N2. The van der Waals surface area contributed by atoms with E-state index in [0.717, 1.165) is 5.69 Å². The van der Waals surface area contributed by atoms with E-state index in [1.54, 1.807) is 0 Å². The lowest BCUT2D eigenvalue weighted by molar-refractivity contribution is 0.764. The summed E-state index contributed by atoms with van der Waals surface area (Å²) in [5.74, 6) is 0. The first-order valence-electron chi connectivity index (χ1n) is 4.74. The van der Waals surface area contributed by atoms with Gasteiger partial charge in [-0.25, -0.2) is 0 Å². The quantitative estimate of drug-likeness (QED) is 0.669. The Morgan fingerprint density at radius 2 is 1.71 bits per heavy atom. The van der Waals surface area contributed by atoms with Crippen LogP contribution in [0.4, 0.5) is 0 Å². The fourth-order valence-electron chi connectivity index (χ4n) is 1.61. The summed E-state index contributed by atoms with van der Waals surface area (Å²) >= 11 is 0.